The van der Waals surface area contributed by atoms with E-state index in [9.17, 15) is 0 Å². The van der Waals surface area contributed by atoms with Crippen LogP contribution < -0.4 is 0 Å². The molecule has 3 aromatic carbocycles. The second kappa shape index (κ2) is 6.78. The van der Waals surface area contributed by atoms with Crippen LogP contribution in [0.15, 0.2) is 116 Å². The Kier molecular flexibility index (Phi) is 3.99. The van der Waals surface area contributed by atoms with Gasteiger partial charge >= 0.3 is 0 Å². The van der Waals surface area contributed by atoms with Crippen molar-refractivity contribution in [3.8, 4) is 0 Å². The van der Waals surface area contributed by atoms with Gasteiger partial charge in [0.1, 0.15) is 11.1 Å². The lowest BCUT2D eigenvalue weighted by atomic mass is 9.76. The van der Waals surface area contributed by atoms with Gasteiger partial charge in [-0.15, -0.1) is 0 Å². The molecule has 0 aliphatic heterocycles. The summed E-state index contributed by atoms with van der Waals surface area (Å²) >= 11 is 0. The van der Waals surface area contributed by atoms with Crippen molar-refractivity contribution in [1.82, 2.24) is 14.5 Å². The fourth-order valence-corrected chi connectivity index (χ4v) is 4.09. The number of nitrogens with zero attached hydrogens (tertiary/aromatic N) is 3. The summed E-state index contributed by atoms with van der Waals surface area (Å²) in [5.41, 5.74) is 4.72. The Morgan fingerprint density at radius 2 is 1.00 bits per heavy atom. The number of fused-ring (bicyclic) bond motifs is 1. The topological polar surface area (TPSA) is 30.7 Å². The van der Waals surface area contributed by atoms with E-state index in [0.717, 1.165) is 11.2 Å². The Bertz CT molecular complexity index is 1100. The first kappa shape index (κ1) is 16.5. The molecule has 5 aromatic rings. The van der Waals surface area contributed by atoms with Crippen molar-refractivity contribution in [2.75, 3.05) is 0 Å². The van der Waals surface area contributed by atoms with Crippen molar-refractivity contribution >= 4 is 11.2 Å². The monoisotopic (exact) mass is 361 g/mol. The zero-order valence-electron chi connectivity index (χ0n) is 15.3. The van der Waals surface area contributed by atoms with E-state index in [0.29, 0.717) is 0 Å². The molecule has 0 N–H and O–H groups in total. The summed E-state index contributed by atoms with van der Waals surface area (Å²) in [5.74, 6) is 0. The van der Waals surface area contributed by atoms with Crippen molar-refractivity contribution in [1.29, 1.82) is 0 Å². The lowest BCUT2D eigenvalue weighted by Crippen LogP contribution is -2.37. The third-order valence-electron chi connectivity index (χ3n) is 5.25. The molecule has 134 valence electrons. The smallest absolute Gasteiger partial charge is 0.159 e. The molecule has 0 unspecified atom stereocenters. The van der Waals surface area contributed by atoms with Crippen LogP contribution in [0.5, 0.6) is 0 Å². The summed E-state index contributed by atoms with van der Waals surface area (Å²) in [6.07, 6.45) is 5.59. The van der Waals surface area contributed by atoms with Gasteiger partial charge in [-0.25, -0.2) is 4.98 Å². The molecule has 28 heavy (non-hydrogen) atoms. The lowest BCUT2D eigenvalue weighted by Gasteiger charge is -2.38. The Hall–Kier alpha value is -3.72. The SMILES string of the molecule is c1ccc(C(c2ccccc2)(c2ccccc2)n2ccc3nccnc32)cc1. The highest BCUT2D eigenvalue weighted by molar-refractivity contribution is 5.73. The Balaban J connectivity index is 1.96. The summed E-state index contributed by atoms with van der Waals surface area (Å²) in [6.45, 7) is 0. The number of aromatic nitrogens is 3. The quantitative estimate of drug-likeness (QED) is 0.408. The summed E-state index contributed by atoms with van der Waals surface area (Å²) in [4.78, 5) is 9.20. The third-order valence-corrected chi connectivity index (χ3v) is 5.25. The molecular weight excluding hydrogens is 342 g/mol. The maximum Gasteiger partial charge on any atom is 0.159 e. The fourth-order valence-electron chi connectivity index (χ4n) is 4.09. The maximum absolute atomic E-state index is 4.68. The second-order valence-electron chi connectivity index (χ2n) is 6.76. The van der Waals surface area contributed by atoms with E-state index < -0.39 is 5.54 Å². The zero-order chi connectivity index (χ0) is 18.8. The summed E-state index contributed by atoms with van der Waals surface area (Å²) in [7, 11) is 0. The first-order chi connectivity index (χ1) is 13.9. The van der Waals surface area contributed by atoms with Gasteiger partial charge in [0.05, 0.1) is 0 Å². The number of benzene rings is 3. The molecule has 3 nitrogen and oxygen atoms in total. The van der Waals surface area contributed by atoms with Gasteiger partial charge in [-0.1, -0.05) is 91.0 Å². The lowest BCUT2D eigenvalue weighted by molar-refractivity contribution is 0.530. The molecule has 0 fully saturated rings. The van der Waals surface area contributed by atoms with Gasteiger partial charge in [-0.05, 0) is 22.8 Å². The molecule has 0 saturated carbocycles. The van der Waals surface area contributed by atoms with Crippen LogP contribution in [0.1, 0.15) is 16.7 Å². The van der Waals surface area contributed by atoms with Crippen LogP contribution in [0.25, 0.3) is 11.2 Å². The van der Waals surface area contributed by atoms with Crippen molar-refractivity contribution < 1.29 is 0 Å². The molecule has 0 aliphatic carbocycles. The van der Waals surface area contributed by atoms with Gasteiger partial charge in [0.2, 0.25) is 0 Å². The normalized spacial score (nSPS) is 11.6. The molecule has 0 amide bonds. The highest BCUT2D eigenvalue weighted by Gasteiger charge is 2.39. The van der Waals surface area contributed by atoms with E-state index >= 15 is 0 Å². The average molecular weight is 361 g/mol. The Morgan fingerprint density at radius 3 is 1.50 bits per heavy atom. The second-order valence-corrected chi connectivity index (χ2v) is 6.76. The van der Waals surface area contributed by atoms with E-state index in [1.165, 1.54) is 16.7 Å². The third kappa shape index (κ3) is 2.44. The molecule has 0 bridgehead atoms. The molecular formula is C25H19N3. The van der Waals surface area contributed by atoms with Crippen LogP contribution in [-0.4, -0.2) is 14.5 Å². The van der Waals surface area contributed by atoms with E-state index in [1.54, 1.807) is 12.4 Å². The minimum absolute atomic E-state index is 0.554. The van der Waals surface area contributed by atoms with Crippen molar-refractivity contribution in [3.05, 3.63) is 132 Å². The number of hydrogen-bond acceptors (Lipinski definition) is 2. The summed E-state index contributed by atoms with van der Waals surface area (Å²) in [5, 5.41) is 0. The van der Waals surface area contributed by atoms with E-state index in [1.807, 2.05) is 6.07 Å². The van der Waals surface area contributed by atoms with Crippen LogP contribution >= 0.6 is 0 Å². The van der Waals surface area contributed by atoms with Crippen LogP contribution in [0, 0.1) is 0 Å². The molecule has 0 spiro atoms. The standard InChI is InChI=1S/C25H19N3/c1-4-10-20(11-5-1)25(21-12-6-2-7-13-21,22-14-8-3-9-15-22)28-19-16-23-24(28)27-18-17-26-23/h1-19H. The van der Waals surface area contributed by atoms with Gasteiger partial charge in [-0.3, -0.25) is 4.98 Å². The Labute approximate surface area is 164 Å². The number of rotatable bonds is 4. The molecule has 2 aromatic heterocycles. The average Bonchev–Trinajstić information content (AvgIpc) is 3.21. The molecule has 3 heteroatoms. The minimum atomic E-state index is -0.554. The molecule has 0 aliphatic rings. The molecule has 0 saturated heterocycles. The predicted molar refractivity (Wildman–Crippen MR) is 112 cm³/mol. The zero-order valence-corrected chi connectivity index (χ0v) is 15.3. The highest BCUT2D eigenvalue weighted by Crippen LogP contribution is 2.42. The van der Waals surface area contributed by atoms with Gasteiger partial charge in [0, 0.05) is 18.6 Å². The summed E-state index contributed by atoms with van der Waals surface area (Å²) in [6, 6.07) is 33.8. The van der Waals surface area contributed by atoms with Crippen LogP contribution in [0.2, 0.25) is 0 Å². The number of hydrogen-bond donors (Lipinski definition) is 0. The van der Waals surface area contributed by atoms with Crippen molar-refractivity contribution in [2.45, 2.75) is 5.54 Å². The molecule has 0 radical (unpaired) electrons. The fraction of sp³-hybridized carbons (Fsp3) is 0.0400. The Morgan fingerprint density at radius 1 is 0.536 bits per heavy atom. The van der Waals surface area contributed by atoms with E-state index in [-0.39, 0.29) is 0 Å². The van der Waals surface area contributed by atoms with Crippen molar-refractivity contribution in [2.24, 2.45) is 0 Å². The van der Waals surface area contributed by atoms with Crippen LogP contribution in [0.3, 0.4) is 0 Å². The maximum atomic E-state index is 4.68. The largest absolute Gasteiger partial charge is 0.313 e. The molecule has 5 rings (SSSR count). The van der Waals surface area contributed by atoms with Gasteiger partial charge in [-0.2, -0.15) is 0 Å². The predicted octanol–water partition coefficient (Wildman–Crippen LogP) is 5.27. The first-order valence-corrected chi connectivity index (χ1v) is 9.36. The van der Waals surface area contributed by atoms with E-state index in [4.69, 9.17) is 0 Å². The molecule has 2 heterocycles. The van der Waals surface area contributed by atoms with E-state index in [2.05, 4.69) is 112 Å². The molecule has 0 atom stereocenters. The van der Waals surface area contributed by atoms with Gasteiger partial charge < -0.3 is 4.57 Å². The highest BCUT2D eigenvalue weighted by atomic mass is 15.1. The van der Waals surface area contributed by atoms with Crippen LogP contribution in [0.4, 0.5) is 0 Å². The van der Waals surface area contributed by atoms with Gasteiger partial charge in [0.15, 0.2) is 5.65 Å². The first-order valence-electron chi connectivity index (χ1n) is 9.36. The summed E-state index contributed by atoms with van der Waals surface area (Å²) < 4.78 is 2.25. The van der Waals surface area contributed by atoms with Gasteiger partial charge in [0.25, 0.3) is 0 Å². The van der Waals surface area contributed by atoms with Crippen molar-refractivity contribution in [3.63, 3.8) is 0 Å². The minimum Gasteiger partial charge on any atom is -0.313 e. The van der Waals surface area contributed by atoms with Crippen LogP contribution in [-0.2, 0) is 5.54 Å².